The Hall–Kier alpha value is -1.82. The fourth-order valence-electron chi connectivity index (χ4n) is 1.53. The topological polar surface area (TPSA) is 92.5 Å². The Balaban J connectivity index is 3.20. The van der Waals surface area contributed by atoms with Gasteiger partial charge >= 0.3 is 5.97 Å². The first-order valence-corrected chi connectivity index (χ1v) is 6.05. The zero-order chi connectivity index (χ0) is 14.8. The van der Waals surface area contributed by atoms with Gasteiger partial charge in [0.25, 0.3) is 5.69 Å². The first-order chi connectivity index (χ1) is 8.71. The van der Waals surface area contributed by atoms with E-state index in [0.29, 0.717) is 17.7 Å². The molecule has 0 amide bonds. The maximum atomic E-state index is 11.2. The van der Waals surface area contributed by atoms with Gasteiger partial charge in [0.15, 0.2) is 0 Å². The summed E-state index contributed by atoms with van der Waals surface area (Å²) in [5.74, 6) is -0.996. The van der Waals surface area contributed by atoms with E-state index in [-0.39, 0.29) is 10.7 Å². The summed E-state index contributed by atoms with van der Waals surface area (Å²) in [4.78, 5) is 21.4. The van der Waals surface area contributed by atoms with Crippen molar-refractivity contribution in [2.24, 2.45) is 0 Å². The molecule has 1 aromatic carbocycles. The number of hydrogen-bond acceptors (Lipinski definition) is 4. The van der Waals surface area contributed by atoms with Crippen molar-refractivity contribution >= 4 is 28.9 Å². The predicted octanol–water partition coefficient (Wildman–Crippen LogP) is 3.22. The largest absolute Gasteiger partial charge is 0.480 e. The van der Waals surface area contributed by atoms with Crippen LogP contribution in [0.4, 0.5) is 11.4 Å². The second-order valence-corrected chi connectivity index (χ2v) is 4.90. The van der Waals surface area contributed by atoms with Gasteiger partial charge in [0, 0.05) is 11.8 Å². The third-order valence-corrected chi connectivity index (χ3v) is 3.38. The van der Waals surface area contributed by atoms with Crippen molar-refractivity contribution in [1.29, 1.82) is 0 Å². The van der Waals surface area contributed by atoms with E-state index in [0.717, 1.165) is 0 Å². The molecule has 0 fully saturated rings. The lowest BCUT2D eigenvalue weighted by Gasteiger charge is -2.27. The van der Waals surface area contributed by atoms with Crippen molar-refractivity contribution in [3.63, 3.8) is 0 Å². The molecule has 0 bridgehead atoms. The molecule has 0 aliphatic carbocycles. The molecule has 0 radical (unpaired) electrons. The Labute approximate surface area is 115 Å². The van der Waals surface area contributed by atoms with Crippen molar-refractivity contribution in [1.82, 2.24) is 0 Å². The number of carbonyl (C=O) groups is 1. The van der Waals surface area contributed by atoms with E-state index in [4.69, 9.17) is 11.6 Å². The third-order valence-electron chi connectivity index (χ3n) is 3.08. The molecule has 7 heteroatoms. The van der Waals surface area contributed by atoms with Crippen LogP contribution in [0, 0.1) is 17.0 Å². The molecule has 19 heavy (non-hydrogen) atoms. The molecule has 0 saturated heterocycles. The van der Waals surface area contributed by atoms with Gasteiger partial charge < -0.3 is 10.4 Å². The molecular weight excluding hydrogens is 272 g/mol. The van der Waals surface area contributed by atoms with E-state index in [1.54, 1.807) is 20.8 Å². The number of rotatable bonds is 5. The number of nitrogens with zero attached hydrogens (tertiary/aromatic N) is 1. The fourth-order valence-corrected chi connectivity index (χ4v) is 1.76. The molecule has 0 heterocycles. The Morgan fingerprint density at radius 3 is 2.58 bits per heavy atom. The van der Waals surface area contributed by atoms with Crippen molar-refractivity contribution < 1.29 is 14.8 Å². The van der Waals surface area contributed by atoms with Crippen molar-refractivity contribution in [3.8, 4) is 0 Å². The van der Waals surface area contributed by atoms with Crippen LogP contribution in [0.25, 0.3) is 0 Å². The minimum Gasteiger partial charge on any atom is -0.480 e. The maximum Gasteiger partial charge on any atom is 0.329 e. The first-order valence-electron chi connectivity index (χ1n) is 5.67. The standard InChI is InChI=1S/C12H15ClN2O4/c1-4-12(3,11(16)17)14-9-6-8(13)10(15(18)19)5-7(9)2/h5-6,14H,4H2,1-3H3,(H,16,17). The highest BCUT2D eigenvalue weighted by Crippen LogP contribution is 2.32. The fraction of sp³-hybridized carbons (Fsp3) is 0.417. The van der Waals surface area contributed by atoms with Crippen LogP contribution < -0.4 is 5.32 Å². The molecule has 1 unspecified atom stereocenters. The van der Waals surface area contributed by atoms with Gasteiger partial charge in [0.05, 0.1) is 4.92 Å². The number of aliphatic carboxylic acids is 1. The number of aryl methyl sites for hydroxylation is 1. The van der Waals surface area contributed by atoms with Crippen LogP contribution in [0.1, 0.15) is 25.8 Å². The van der Waals surface area contributed by atoms with E-state index in [1.807, 2.05) is 0 Å². The lowest BCUT2D eigenvalue weighted by atomic mass is 9.98. The zero-order valence-electron chi connectivity index (χ0n) is 10.9. The SMILES string of the molecule is CCC(C)(Nc1cc(Cl)c([N+](=O)[O-])cc1C)C(=O)O. The summed E-state index contributed by atoms with van der Waals surface area (Å²) in [6, 6.07) is 2.70. The Bertz CT molecular complexity index is 533. The summed E-state index contributed by atoms with van der Waals surface area (Å²) in [6.07, 6.45) is 0.358. The zero-order valence-corrected chi connectivity index (χ0v) is 11.6. The molecular formula is C12H15ClN2O4. The normalized spacial score (nSPS) is 13.7. The number of carboxylic acids is 1. The molecule has 1 rings (SSSR count). The molecule has 1 atom stereocenters. The first kappa shape index (κ1) is 15.2. The molecule has 0 aliphatic heterocycles. The highest BCUT2D eigenvalue weighted by atomic mass is 35.5. The number of hydrogen-bond donors (Lipinski definition) is 2. The molecule has 0 spiro atoms. The predicted molar refractivity (Wildman–Crippen MR) is 72.8 cm³/mol. The van der Waals surface area contributed by atoms with E-state index in [1.165, 1.54) is 12.1 Å². The van der Waals surface area contributed by atoms with Crippen LogP contribution >= 0.6 is 11.6 Å². The van der Waals surface area contributed by atoms with Gasteiger partial charge in [-0.3, -0.25) is 10.1 Å². The molecule has 0 saturated carbocycles. The minimum atomic E-state index is -1.15. The smallest absolute Gasteiger partial charge is 0.329 e. The van der Waals surface area contributed by atoms with Crippen LogP contribution in [0.5, 0.6) is 0 Å². The summed E-state index contributed by atoms with van der Waals surface area (Å²) in [5, 5.41) is 22.8. The van der Waals surface area contributed by atoms with E-state index in [9.17, 15) is 20.0 Å². The van der Waals surface area contributed by atoms with Gasteiger partial charge in [-0.15, -0.1) is 0 Å². The average molecular weight is 287 g/mol. The van der Waals surface area contributed by atoms with Crippen LogP contribution in [0.3, 0.4) is 0 Å². The number of carboxylic acid groups (broad SMARTS) is 1. The summed E-state index contributed by atoms with van der Waals surface area (Å²) < 4.78 is 0. The number of benzene rings is 1. The summed E-state index contributed by atoms with van der Waals surface area (Å²) in [6.45, 7) is 4.94. The Morgan fingerprint density at radius 2 is 2.16 bits per heavy atom. The van der Waals surface area contributed by atoms with E-state index < -0.39 is 16.4 Å². The van der Waals surface area contributed by atoms with Crippen molar-refractivity contribution in [2.45, 2.75) is 32.7 Å². The maximum absolute atomic E-state index is 11.2. The lowest BCUT2D eigenvalue weighted by Crippen LogP contribution is -2.42. The Kier molecular flexibility index (Phi) is 4.36. The van der Waals surface area contributed by atoms with Gasteiger partial charge in [-0.2, -0.15) is 0 Å². The monoisotopic (exact) mass is 286 g/mol. The van der Waals surface area contributed by atoms with Crippen LogP contribution in [-0.2, 0) is 4.79 Å². The minimum absolute atomic E-state index is 0.0260. The van der Waals surface area contributed by atoms with Crippen LogP contribution in [-0.4, -0.2) is 21.5 Å². The van der Waals surface area contributed by atoms with Crippen LogP contribution in [0.15, 0.2) is 12.1 Å². The average Bonchev–Trinajstić information content (AvgIpc) is 2.32. The van der Waals surface area contributed by atoms with Gasteiger partial charge in [0.2, 0.25) is 0 Å². The van der Waals surface area contributed by atoms with E-state index >= 15 is 0 Å². The number of halogens is 1. The summed E-state index contributed by atoms with van der Waals surface area (Å²) >= 11 is 5.82. The number of nitro benzene ring substituents is 1. The number of nitro groups is 1. The van der Waals surface area contributed by atoms with Gasteiger partial charge in [-0.25, -0.2) is 4.79 Å². The second-order valence-electron chi connectivity index (χ2n) is 4.49. The molecule has 2 N–H and O–H groups in total. The summed E-state index contributed by atoms with van der Waals surface area (Å²) in [7, 11) is 0. The second kappa shape index (κ2) is 5.44. The van der Waals surface area contributed by atoms with Crippen molar-refractivity contribution in [3.05, 3.63) is 32.8 Å². The molecule has 0 aromatic heterocycles. The van der Waals surface area contributed by atoms with Gasteiger partial charge in [0.1, 0.15) is 10.6 Å². The number of anilines is 1. The quantitative estimate of drug-likeness (QED) is 0.640. The van der Waals surface area contributed by atoms with E-state index in [2.05, 4.69) is 5.32 Å². The molecule has 6 nitrogen and oxygen atoms in total. The third kappa shape index (κ3) is 3.14. The van der Waals surface area contributed by atoms with Crippen molar-refractivity contribution in [2.75, 3.05) is 5.32 Å². The highest BCUT2D eigenvalue weighted by Gasteiger charge is 2.31. The Morgan fingerprint density at radius 1 is 1.58 bits per heavy atom. The van der Waals surface area contributed by atoms with Gasteiger partial charge in [-0.1, -0.05) is 18.5 Å². The molecule has 0 aliphatic rings. The number of nitrogens with one attached hydrogen (secondary N) is 1. The lowest BCUT2D eigenvalue weighted by molar-refractivity contribution is -0.384. The van der Waals surface area contributed by atoms with Gasteiger partial charge in [-0.05, 0) is 31.9 Å². The molecule has 104 valence electrons. The molecule has 1 aromatic rings. The summed E-state index contributed by atoms with van der Waals surface area (Å²) in [5.41, 5.74) is -0.304. The van der Waals surface area contributed by atoms with Crippen LogP contribution in [0.2, 0.25) is 5.02 Å². The highest BCUT2D eigenvalue weighted by molar-refractivity contribution is 6.33.